The highest BCUT2D eigenvalue weighted by Gasteiger charge is 2.13. The first-order chi connectivity index (χ1) is 10.9. The van der Waals surface area contributed by atoms with Gasteiger partial charge in [-0.05, 0) is 36.8 Å². The van der Waals surface area contributed by atoms with E-state index in [0.29, 0.717) is 21.2 Å². The molecule has 118 valence electrons. The van der Waals surface area contributed by atoms with Crippen molar-refractivity contribution in [2.75, 3.05) is 0 Å². The highest BCUT2D eigenvalue weighted by Crippen LogP contribution is 2.22. The van der Waals surface area contributed by atoms with Crippen LogP contribution in [0.4, 0.5) is 5.69 Å². The molecule has 2 rings (SSSR count). The summed E-state index contributed by atoms with van der Waals surface area (Å²) in [5.74, 6) is -0.473. The maximum atomic E-state index is 11.9. The molecule has 2 aromatic carbocycles. The first-order valence-corrected chi connectivity index (χ1v) is 7.17. The molecule has 0 saturated heterocycles. The number of rotatable bonds is 4. The van der Waals surface area contributed by atoms with Crippen molar-refractivity contribution in [1.82, 2.24) is 5.43 Å². The predicted molar refractivity (Wildman–Crippen MR) is 89.4 cm³/mol. The number of nitro benzene ring substituents is 1. The summed E-state index contributed by atoms with van der Waals surface area (Å²) in [5, 5.41) is 15.4. The van der Waals surface area contributed by atoms with Crippen LogP contribution in [0.3, 0.4) is 0 Å². The number of nitro groups is 1. The van der Waals surface area contributed by atoms with E-state index in [-0.39, 0.29) is 11.3 Å². The molecule has 0 unspecified atom stereocenters. The van der Waals surface area contributed by atoms with Gasteiger partial charge in [0.1, 0.15) is 0 Å². The van der Waals surface area contributed by atoms with Crippen molar-refractivity contribution in [3.05, 3.63) is 73.2 Å². The second-order valence-electron chi connectivity index (χ2n) is 4.63. The van der Waals surface area contributed by atoms with Crippen LogP contribution in [-0.4, -0.2) is 17.0 Å². The molecule has 0 radical (unpaired) electrons. The molecule has 6 nitrogen and oxygen atoms in total. The fraction of sp³-hybridized carbons (Fsp3) is 0.0667. The molecule has 1 N–H and O–H groups in total. The number of carbonyl (C=O) groups is 1. The maximum absolute atomic E-state index is 11.9. The number of aryl methyl sites for hydroxylation is 1. The highest BCUT2D eigenvalue weighted by molar-refractivity contribution is 6.42. The fourth-order valence-corrected chi connectivity index (χ4v) is 2.13. The maximum Gasteiger partial charge on any atom is 0.272 e. The third kappa shape index (κ3) is 4.28. The molecule has 0 heterocycles. The summed E-state index contributed by atoms with van der Waals surface area (Å²) >= 11 is 11.7. The molecule has 0 aliphatic rings. The molecule has 0 spiro atoms. The van der Waals surface area contributed by atoms with Gasteiger partial charge < -0.3 is 0 Å². The standard InChI is InChI=1S/C15H11Cl2N3O3/c1-9-6-11(3-5-14(9)20(22)23)15(21)19-18-8-10-2-4-12(16)13(17)7-10/h2-8H,1H3,(H,19,21)/b18-8+. The quantitative estimate of drug-likeness (QED) is 0.513. The lowest BCUT2D eigenvalue weighted by Gasteiger charge is -2.02. The Bertz CT molecular complexity index is 807. The first kappa shape index (κ1) is 16.9. The van der Waals surface area contributed by atoms with Crippen LogP contribution in [0, 0.1) is 17.0 Å². The van der Waals surface area contributed by atoms with Crippen LogP contribution >= 0.6 is 23.2 Å². The summed E-state index contributed by atoms with van der Waals surface area (Å²) in [6, 6.07) is 9.01. The van der Waals surface area contributed by atoms with Gasteiger partial charge in [-0.3, -0.25) is 14.9 Å². The van der Waals surface area contributed by atoms with Gasteiger partial charge in [0, 0.05) is 17.2 Å². The van der Waals surface area contributed by atoms with Gasteiger partial charge in [-0.15, -0.1) is 0 Å². The van der Waals surface area contributed by atoms with Crippen molar-refractivity contribution in [2.45, 2.75) is 6.92 Å². The predicted octanol–water partition coefficient (Wildman–Crippen LogP) is 3.97. The van der Waals surface area contributed by atoms with Gasteiger partial charge in [-0.2, -0.15) is 5.10 Å². The monoisotopic (exact) mass is 351 g/mol. The molecule has 0 aromatic heterocycles. The van der Waals surface area contributed by atoms with Crippen LogP contribution in [-0.2, 0) is 0 Å². The minimum Gasteiger partial charge on any atom is -0.267 e. The highest BCUT2D eigenvalue weighted by atomic mass is 35.5. The smallest absolute Gasteiger partial charge is 0.267 e. The normalized spacial score (nSPS) is 10.7. The topological polar surface area (TPSA) is 84.6 Å². The van der Waals surface area contributed by atoms with Gasteiger partial charge in [0.15, 0.2) is 0 Å². The molecule has 0 fully saturated rings. The van der Waals surface area contributed by atoms with E-state index >= 15 is 0 Å². The summed E-state index contributed by atoms with van der Waals surface area (Å²) in [7, 11) is 0. The zero-order chi connectivity index (χ0) is 17.0. The Balaban J connectivity index is 2.07. The van der Waals surface area contributed by atoms with Gasteiger partial charge in [-0.25, -0.2) is 5.43 Å². The number of halogens is 2. The number of nitrogens with zero attached hydrogens (tertiary/aromatic N) is 2. The number of benzene rings is 2. The van der Waals surface area contributed by atoms with Crippen LogP contribution in [0.15, 0.2) is 41.5 Å². The van der Waals surface area contributed by atoms with E-state index in [4.69, 9.17) is 23.2 Å². The molecular weight excluding hydrogens is 341 g/mol. The SMILES string of the molecule is Cc1cc(C(=O)N/N=C/c2ccc(Cl)c(Cl)c2)ccc1[N+](=O)[O-]. The molecule has 0 aliphatic heterocycles. The van der Waals surface area contributed by atoms with E-state index in [1.165, 1.54) is 24.4 Å². The Labute approximate surface area is 141 Å². The zero-order valence-electron chi connectivity index (χ0n) is 11.9. The van der Waals surface area contributed by atoms with Gasteiger partial charge >= 0.3 is 0 Å². The molecule has 0 bridgehead atoms. The van der Waals surface area contributed by atoms with E-state index in [1.807, 2.05) is 0 Å². The molecule has 0 atom stereocenters. The number of hydrogen-bond donors (Lipinski definition) is 1. The lowest BCUT2D eigenvalue weighted by atomic mass is 10.1. The van der Waals surface area contributed by atoms with Crippen LogP contribution in [0.25, 0.3) is 0 Å². The molecule has 8 heteroatoms. The molecule has 0 saturated carbocycles. The Morgan fingerprint density at radius 3 is 2.57 bits per heavy atom. The van der Waals surface area contributed by atoms with E-state index in [0.717, 1.165) is 0 Å². The van der Waals surface area contributed by atoms with E-state index in [9.17, 15) is 14.9 Å². The van der Waals surface area contributed by atoms with Crippen LogP contribution < -0.4 is 5.43 Å². The Morgan fingerprint density at radius 1 is 1.22 bits per heavy atom. The van der Waals surface area contributed by atoms with Crippen LogP contribution in [0.2, 0.25) is 10.0 Å². The molecular formula is C15H11Cl2N3O3. The van der Waals surface area contributed by atoms with Gasteiger partial charge in [0.2, 0.25) is 0 Å². The average Bonchev–Trinajstić information content (AvgIpc) is 2.50. The Morgan fingerprint density at radius 2 is 1.96 bits per heavy atom. The van der Waals surface area contributed by atoms with Gasteiger partial charge in [0.05, 0.1) is 21.2 Å². The number of hydrogen-bond acceptors (Lipinski definition) is 4. The number of carbonyl (C=O) groups excluding carboxylic acids is 1. The molecule has 2 aromatic rings. The van der Waals surface area contributed by atoms with Crippen molar-refractivity contribution >= 4 is 41.0 Å². The summed E-state index contributed by atoms with van der Waals surface area (Å²) in [5.41, 5.74) is 3.64. The summed E-state index contributed by atoms with van der Waals surface area (Å²) in [6.07, 6.45) is 1.42. The van der Waals surface area contributed by atoms with Crippen molar-refractivity contribution in [1.29, 1.82) is 0 Å². The minimum absolute atomic E-state index is 0.0409. The molecule has 0 aliphatic carbocycles. The first-order valence-electron chi connectivity index (χ1n) is 6.42. The number of amides is 1. The van der Waals surface area contributed by atoms with Crippen LogP contribution in [0.5, 0.6) is 0 Å². The second-order valence-corrected chi connectivity index (χ2v) is 5.45. The summed E-state index contributed by atoms with van der Waals surface area (Å²) in [6.45, 7) is 1.56. The lowest BCUT2D eigenvalue weighted by Crippen LogP contribution is -2.17. The number of hydrazone groups is 1. The number of nitrogens with one attached hydrogen (secondary N) is 1. The average molecular weight is 352 g/mol. The largest absolute Gasteiger partial charge is 0.272 e. The van der Waals surface area contributed by atoms with Crippen molar-refractivity contribution in [2.24, 2.45) is 5.10 Å². The second kappa shape index (κ2) is 7.21. The minimum atomic E-state index is -0.501. The summed E-state index contributed by atoms with van der Waals surface area (Å²) in [4.78, 5) is 22.2. The van der Waals surface area contributed by atoms with E-state index in [2.05, 4.69) is 10.5 Å². The molecule has 23 heavy (non-hydrogen) atoms. The van der Waals surface area contributed by atoms with Crippen molar-refractivity contribution in [3.63, 3.8) is 0 Å². The van der Waals surface area contributed by atoms with Crippen molar-refractivity contribution in [3.8, 4) is 0 Å². The lowest BCUT2D eigenvalue weighted by molar-refractivity contribution is -0.385. The third-order valence-corrected chi connectivity index (χ3v) is 3.72. The van der Waals surface area contributed by atoms with Crippen LogP contribution in [0.1, 0.15) is 21.5 Å². The third-order valence-electron chi connectivity index (χ3n) is 2.98. The zero-order valence-corrected chi connectivity index (χ0v) is 13.4. The Kier molecular flexibility index (Phi) is 5.31. The fourth-order valence-electron chi connectivity index (χ4n) is 1.82. The van der Waals surface area contributed by atoms with Gasteiger partial charge in [-0.1, -0.05) is 29.3 Å². The van der Waals surface area contributed by atoms with Crippen molar-refractivity contribution < 1.29 is 9.72 Å². The van der Waals surface area contributed by atoms with E-state index < -0.39 is 10.8 Å². The Hall–Kier alpha value is -2.44. The molecule has 1 amide bonds. The van der Waals surface area contributed by atoms with E-state index in [1.54, 1.807) is 25.1 Å². The summed E-state index contributed by atoms with van der Waals surface area (Å²) < 4.78 is 0. The van der Waals surface area contributed by atoms with Gasteiger partial charge in [0.25, 0.3) is 11.6 Å².